The molecule has 0 radical (unpaired) electrons. The summed E-state index contributed by atoms with van der Waals surface area (Å²) in [6.07, 6.45) is 1.41. The number of aromatic nitrogens is 3. The van der Waals surface area contributed by atoms with Crippen molar-refractivity contribution in [3.05, 3.63) is 46.0 Å². The summed E-state index contributed by atoms with van der Waals surface area (Å²) in [7, 11) is 0. The Morgan fingerprint density at radius 1 is 1.48 bits per heavy atom. The molecule has 21 heavy (non-hydrogen) atoms. The van der Waals surface area contributed by atoms with Crippen LogP contribution < -0.4 is 4.74 Å². The molecule has 0 saturated carbocycles. The third-order valence-electron chi connectivity index (χ3n) is 2.90. The van der Waals surface area contributed by atoms with Gasteiger partial charge in [0.15, 0.2) is 11.6 Å². The first-order chi connectivity index (χ1) is 10.0. The number of nitro benzene ring substituents is 1. The van der Waals surface area contributed by atoms with Crippen LogP contribution in [0.25, 0.3) is 0 Å². The van der Waals surface area contributed by atoms with Crippen molar-refractivity contribution in [3.63, 3.8) is 0 Å². The summed E-state index contributed by atoms with van der Waals surface area (Å²) >= 11 is 0. The molecule has 8 nitrogen and oxygen atoms in total. The summed E-state index contributed by atoms with van der Waals surface area (Å²) in [5.41, 5.74) is 0.392. The number of aliphatic hydroxyl groups excluding tert-OH is 1. The van der Waals surface area contributed by atoms with Crippen molar-refractivity contribution in [2.75, 3.05) is 0 Å². The van der Waals surface area contributed by atoms with Gasteiger partial charge >= 0.3 is 5.69 Å². The molecule has 0 fully saturated rings. The fourth-order valence-electron chi connectivity index (χ4n) is 1.87. The topological polar surface area (TPSA) is 103 Å². The van der Waals surface area contributed by atoms with Gasteiger partial charge in [-0.05, 0) is 31.5 Å². The Morgan fingerprint density at radius 3 is 2.86 bits per heavy atom. The van der Waals surface area contributed by atoms with Crippen LogP contribution in [-0.4, -0.2) is 24.8 Å². The summed E-state index contributed by atoms with van der Waals surface area (Å²) in [5, 5.41) is 24.2. The lowest BCUT2D eigenvalue weighted by Crippen LogP contribution is -2.11. The summed E-state index contributed by atoms with van der Waals surface area (Å²) in [5.74, 6) is 0.679. The number of rotatable bonds is 6. The van der Waals surface area contributed by atoms with Gasteiger partial charge in [0, 0.05) is 12.1 Å². The second-order valence-electron chi connectivity index (χ2n) is 4.72. The van der Waals surface area contributed by atoms with Crippen LogP contribution >= 0.6 is 0 Å². The minimum Gasteiger partial charge on any atom is -0.479 e. The maximum absolute atomic E-state index is 11.0. The molecule has 1 aromatic heterocycles. The fraction of sp³-hybridized carbons (Fsp3) is 0.385. The van der Waals surface area contributed by atoms with Crippen molar-refractivity contribution in [3.8, 4) is 5.75 Å². The molecule has 1 aromatic carbocycles. The SMILES string of the molecule is CC(C)n1ncnc1COc1cc(CO)ccc1[N+](=O)[O-]. The highest BCUT2D eigenvalue weighted by molar-refractivity contribution is 5.48. The molecular formula is C13H16N4O4. The number of nitro groups is 1. The Balaban J connectivity index is 2.22. The molecule has 0 saturated heterocycles. The lowest BCUT2D eigenvalue weighted by atomic mass is 10.2. The van der Waals surface area contributed by atoms with Crippen LogP contribution in [0.2, 0.25) is 0 Å². The van der Waals surface area contributed by atoms with Gasteiger partial charge in [0.2, 0.25) is 0 Å². The number of benzene rings is 1. The van der Waals surface area contributed by atoms with E-state index in [1.807, 2.05) is 13.8 Å². The van der Waals surface area contributed by atoms with Crippen molar-refractivity contribution in [1.29, 1.82) is 0 Å². The highest BCUT2D eigenvalue weighted by Crippen LogP contribution is 2.28. The first-order valence-corrected chi connectivity index (χ1v) is 6.42. The number of aliphatic hydroxyl groups is 1. The number of nitrogens with zero attached hydrogens (tertiary/aromatic N) is 4. The van der Waals surface area contributed by atoms with Crippen molar-refractivity contribution < 1.29 is 14.8 Å². The van der Waals surface area contributed by atoms with E-state index in [2.05, 4.69) is 10.1 Å². The van der Waals surface area contributed by atoms with Crippen molar-refractivity contribution in [2.45, 2.75) is 33.1 Å². The zero-order valence-corrected chi connectivity index (χ0v) is 11.8. The predicted octanol–water partition coefficient (Wildman–Crippen LogP) is 1.84. The summed E-state index contributed by atoms with van der Waals surface area (Å²) in [6.45, 7) is 3.75. The average Bonchev–Trinajstić information content (AvgIpc) is 2.93. The predicted molar refractivity (Wildman–Crippen MR) is 73.8 cm³/mol. The summed E-state index contributed by atoms with van der Waals surface area (Å²) in [4.78, 5) is 14.5. The molecular weight excluding hydrogens is 276 g/mol. The number of hydrogen-bond donors (Lipinski definition) is 1. The van der Waals surface area contributed by atoms with E-state index < -0.39 is 4.92 Å². The molecule has 0 bridgehead atoms. The molecule has 112 valence electrons. The van der Waals surface area contributed by atoms with E-state index >= 15 is 0 Å². The summed E-state index contributed by atoms with van der Waals surface area (Å²) < 4.78 is 7.18. The van der Waals surface area contributed by atoms with Crippen LogP contribution in [0, 0.1) is 10.1 Å². The Hall–Kier alpha value is -2.48. The van der Waals surface area contributed by atoms with Gasteiger partial charge < -0.3 is 9.84 Å². The highest BCUT2D eigenvalue weighted by Gasteiger charge is 2.17. The molecule has 0 unspecified atom stereocenters. The first kappa shape index (κ1) is 14.9. The fourth-order valence-corrected chi connectivity index (χ4v) is 1.87. The van der Waals surface area contributed by atoms with Crippen LogP contribution in [0.3, 0.4) is 0 Å². The average molecular weight is 292 g/mol. The van der Waals surface area contributed by atoms with Crippen molar-refractivity contribution in [2.24, 2.45) is 0 Å². The monoisotopic (exact) mass is 292 g/mol. The lowest BCUT2D eigenvalue weighted by molar-refractivity contribution is -0.386. The molecule has 1 N–H and O–H groups in total. The largest absolute Gasteiger partial charge is 0.479 e. The smallest absolute Gasteiger partial charge is 0.310 e. The van der Waals surface area contributed by atoms with Crippen LogP contribution in [0.4, 0.5) is 5.69 Å². The van der Waals surface area contributed by atoms with Gasteiger partial charge in [0.25, 0.3) is 0 Å². The minimum absolute atomic E-state index is 0.0634. The molecule has 0 spiro atoms. The molecule has 1 heterocycles. The quantitative estimate of drug-likeness (QED) is 0.643. The van der Waals surface area contributed by atoms with E-state index in [-0.39, 0.29) is 30.7 Å². The van der Waals surface area contributed by atoms with E-state index in [0.29, 0.717) is 11.4 Å². The van der Waals surface area contributed by atoms with Gasteiger partial charge in [-0.1, -0.05) is 0 Å². The van der Waals surface area contributed by atoms with Gasteiger partial charge in [-0.2, -0.15) is 5.10 Å². The first-order valence-electron chi connectivity index (χ1n) is 6.42. The van der Waals surface area contributed by atoms with E-state index in [1.54, 1.807) is 4.68 Å². The maximum atomic E-state index is 11.0. The minimum atomic E-state index is -0.524. The Morgan fingerprint density at radius 2 is 2.24 bits per heavy atom. The summed E-state index contributed by atoms with van der Waals surface area (Å²) in [6, 6.07) is 4.37. The molecule has 0 amide bonds. The Bertz CT molecular complexity index is 639. The van der Waals surface area contributed by atoms with E-state index in [4.69, 9.17) is 9.84 Å². The van der Waals surface area contributed by atoms with Crippen molar-refractivity contribution >= 4 is 5.69 Å². The third-order valence-corrected chi connectivity index (χ3v) is 2.90. The number of hydrogen-bond acceptors (Lipinski definition) is 6. The van der Waals surface area contributed by atoms with Gasteiger partial charge in [-0.25, -0.2) is 9.67 Å². The van der Waals surface area contributed by atoms with E-state index in [1.165, 1.54) is 24.5 Å². The molecule has 0 aliphatic heterocycles. The Kier molecular flexibility index (Phi) is 4.49. The van der Waals surface area contributed by atoms with Gasteiger partial charge in [0.05, 0.1) is 11.5 Å². The van der Waals surface area contributed by atoms with Crippen LogP contribution in [-0.2, 0) is 13.2 Å². The van der Waals surface area contributed by atoms with Crippen LogP contribution in [0.5, 0.6) is 5.75 Å². The second kappa shape index (κ2) is 6.31. The normalized spacial score (nSPS) is 10.9. The zero-order chi connectivity index (χ0) is 15.4. The van der Waals surface area contributed by atoms with Crippen LogP contribution in [0.1, 0.15) is 31.3 Å². The van der Waals surface area contributed by atoms with Gasteiger partial charge in [0.1, 0.15) is 12.9 Å². The molecule has 2 aromatic rings. The van der Waals surface area contributed by atoms with Gasteiger partial charge in [-0.3, -0.25) is 10.1 Å². The lowest BCUT2D eigenvalue weighted by Gasteiger charge is -2.11. The van der Waals surface area contributed by atoms with E-state index in [0.717, 1.165) is 0 Å². The molecule has 2 rings (SSSR count). The van der Waals surface area contributed by atoms with Gasteiger partial charge in [-0.15, -0.1) is 0 Å². The van der Waals surface area contributed by atoms with Crippen LogP contribution in [0.15, 0.2) is 24.5 Å². The standard InChI is InChI=1S/C13H16N4O4/c1-9(2)16-13(14-8-15-16)7-21-12-5-10(6-18)3-4-11(12)17(19)20/h3-5,8-9,18H,6-7H2,1-2H3. The second-order valence-corrected chi connectivity index (χ2v) is 4.72. The third kappa shape index (κ3) is 3.34. The zero-order valence-electron chi connectivity index (χ0n) is 11.8. The highest BCUT2D eigenvalue weighted by atomic mass is 16.6. The number of ether oxygens (including phenoxy) is 1. The maximum Gasteiger partial charge on any atom is 0.310 e. The molecule has 0 aliphatic carbocycles. The van der Waals surface area contributed by atoms with E-state index in [9.17, 15) is 10.1 Å². The molecule has 0 aliphatic rings. The Labute approximate surface area is 121 Å². The molecule has 0 atom stereocenters. The molecule has 8 heteroatoms. The van der Waals surface area contributed by atoms with Crippen molar-refractivity contribution in [1.82, 2.24) is 14.8 Å².